The van der Waals surface area contributed by atoms with E-state index in [4.69, 9.17) is 4.74 Å². The van der Waals surface area contributed by atoms with Gasteiger partial charge in [-0.2, -0.15) is 0 Å². The molecule has 22 heavy (non-hydrogen) atoms. The summed E-state index contributed by atoms with van der Waals surface area (Å²) in [6.45, 7) is 10.3. The lowest BCUT2D eigenvalue weighted by Crippen LogP contribution is -2.41. The first-order chi connectivity index (χ1) is 10.0. The van der Waals surface area contributed by atoms with Gasteiger partial charge in [-0.3, -0.25) is 4.99 Å². The molecular formula is C16H34IN3O2. The van der Waals surface area contributed by atoms with E-state index in [0.29, 0.717) is 6.54 Å². The van der Waals surface area contributed by atoms with Gasteiger partial charge >= 0.3 is 0 Å². The summed E-state index contributed by atoms with van der Waals surface area (Å²) in [5.74, 6) is 1.70. The van der Waals surface area contributed by atoms with E-state index < -0.39 is 0 Å². The van der Waals surface area contributed by atoms with Crippen molar-refractivity contribution in [2.75, 3.05) is 46.5 Å². The Bertz CT molecular complexity index is 319. The Kier molecular flexibility index (Phi) is 11.4. The highest BCUT2D eigenvalue weighted by molar-refractivity contribution is 14.0. The van der Waals surface area contributed by atoms with Crippen molar-refractivity contribution >= 4 is 29.9 Å². The molecule has 0 bridgehead atoms. The molecule has 0 aromatic rings. The molecule has 0 aromatic carbocycles. The molecule has 2 N–H and O–H groups in total. The average Bonchev–Trinajstić information content (AvgIpc) is 3.31. The lowest BCUT2D eigenvalue weighted by Gasteiger charge is -2.26. The molecule has 1 aliphatic carbocycles. The molecular weight excluding hydrogens is 393 g/mol. The minimum absolute atomic E-state index is 0. The third-order valence-corrected chi connectivity index (χ3v) is 4.16. The zero-order valence-corrected chi connectivity index (χ0v) is 16.9. The van der Waals surface area contributed by atoms with Crippen LogP contribution in [-0.4, -0.2) is 62.5 Å². The largest absolute Gasteiger partial charge is 0.396 e. The summed E-state index contributed by atoms with van der Waals surface area (Å²) < 4.78 is 5.68. The molecule has 1 aliphatic rings. The van der Waals surface area contributed by atoms with E-state index in [1.54, 1.807) is 0 Å². The molecule has 6 heteroatoms. The number of halogens is 1. The van der Waals surface area contributed by atoms with Gasteiger partial charge in [0, 0.05) is 32.2 Å². The highest BCUT2D eigenvalue weighted by atomic mass is 127. The Morgan fingerprint density at radius 1 is 1.41 bits per heavy atom. The normalized spacial score (nSPS) is 17.6. The number of guanidine groups is 1. The lowest BCUT2D eigenvalue weighted by atomic mass is 9.89. The minimum Gasteiger partial charge on any atom is -0.396 e. The van der Waals surface area contributed by atoms with Gasteiger partial charge in [0.05, 0.1) is 19.8 Å². The number of aliphatic hydroxyl groups excluding tert-OH is 1. The first kappa shape index (κ1) is 21.9. The van der Waals surface area contributed by atoms with Crippen LogP contribution in [0, 0.1) is 11.3 Å². The van der Waals surface area contributed by atoms with Crippen molar-refractivity contribution in [1.29, 1.82) is 0 Å². The van der Waals surface area contributed by atoms with E-state index in [1.165, 1.54) is 12.8 Å². The summed E-state index contributed by atoms with van der Waals surface area (Å²) in [5.41, 5.74) is -0.135. The average molecular weight is 427 g/mol. The van der Waals surface area contributed by atoms with Gasteiger partial charge in [0.15, 0.2) is 5.96 Å². The summed E-state index contributed by atoms with van der Waals surface area (Å²) >= 11 is 0. The summed E-state index contributed by atoms with van der Waals surface area (Å²) in [6.07, 6.45) is 3.58. The van der Waals surface area contributed by atoms with Gasteiger partial charge in [0.1, 0.15) is 0 Å². The number of hydrogen-bond acceptors (Lipinski definition) is 3. The Morgan fingerprint density at radius 3 is 2.59 bits per heavy atom. The molecule has 0 aliphatic heterocycles. The van der Waals surface area contributed by atoms with E-state index in [0.717, 1.165) is 44.6 Å². The summed E-state index contributed by atoms with van der Waals surface area (Å²) in [4.78, 5) is 6.77. The number of nitrogens with zero attached hydrogens (tertiary/aromatic N) is 2. The van der Waals surface area contributed by atoms with Crippen LogP contribution in [0.4, 0.5) is 0 Å². The molecule has 0 amide bonds. The first-order valence-electron chi connectivity index (χ1n) is 8.22. The van der Waals surface area contributed by atoms with Crippen LogP contribution in [0.1, 0.15) is 40.0 Å². The highest BCUT2D eigenvalue weighted by Crippen LogP contribution is 2.28. The van der Waals surface area contributed by atoms with Gasteiger partial charge in [-0.05, 0) is 32.1 Å². The van der Waals surface area contributed by atoms with Crippen molar-refractivity contribution in [3.8, 4) is 0 Å². The van der Waals surface area contributed by atoms with Gasteiger partial charge in [-0.25, -0.2) is 0 Å². The van der Waals surface area contributed by atoms with Crippen LogP contribution >= 0.6 is 24.0 Å². The van der Waals surface area contributed by atoms with E-state index in [1.807, 2.05) is 7.05 Å². The van der Waals surface area contributed by atoms with Crippen LogP contribution < -0.4 is 5.32 Å². The van der Waals surface area contributed by atoms with Crippen LogP contribution in [-0.2, 0) is 4.74 Å². The molecule has 0 spiro atoms. The number of nitrogens with one attached hydrogen (secondary N) is 1. The number of hydrogen-bond donors (Lipinski definition) is 2. The SMILES string of the molecule is CCNC(=NCC(C)(CC)CO)N(C)CCOCC1CC1.I. The first-order valence-corrected chi connectivity index (χ1v) is 8.22. The van der Waals surface area contributed by atoms with E-state index in [-0.39, 0.29) is 36.0 Å². The molecule has 5 nitrogen and oxygen atoms in total. The molecule has 0 aromatic heterocycles. The Hall–Kier alpha value is -0.0800. The standard InChI is InChI=1S/C16H33N3O2.HI/c1-5-16(3,13-20)12-18-15(17-6-2)19(4)9-10-21-11-14-7-8-14;/h14,20H,5-13H2,1-4H3,(H,17,18);1H. The van der Waals surface area contributed by atoms with Gasteiger partial charge in [-0.1, -0.05) is 13.8 Å². The second-order valence-corrected chi connectivity index (χ2v) is 6.43. The Labute approximate surface area is 152 Å². The molecule has 0 heterocycles. The molecule has 1 unspecified atom stereocenters. The monoisotopic (exact) mass is 427 g/mol. The van der Waals surface area contributed by atoms with Crippen LogP contribution in [0.15, 0.2) is 4.99 Å². The smallest absolute Gasteiger partial charge is 0.193 e. The summed E-state index contributed by atoms with van der Waals surface area (Å²) in [6, 6.07) is 0. The van der Waals surface area contributed by atoms with Crippen LogP contribution in [0.2, 0.25) is 0 Å². The maximum absolute atomic E-state index is 9.47. The fourth-order valence-electron chi connectivity index (χ4n) is 1.85. The maximum Gasteiger partial charge on any atom is 0.193 e. The van der Waals surface area contributed by atoms with Crippen molar-refractivity contribution in [3.63, 3.8) is 0 Å². The van der Waals surface area contributed by atoms with Crippen molar-refractivity contribution in [2.45, 2.75) is 40.0 Å². The molecule has 1 rings (SSSR count). The fourth-order valence-corrected chi connectivity index (χ4v) is 1.85. The number of rotatable bonds is 10. The number of ether oxygens (including phenoxy) is 1. The second kappa shape index (κ2) is 11.5. The second-order valence-electron chi connectivity index (χ2n) is 6.43. The molecule has 0 radical (unpaired) electrons. The van der Waals surface area contributed by atoms with E-state index >= 15 is 0 Å². The quantitative estimate of drug-likeness (QED) is 0.243. The van der Waals surface area contributed by atoms with Gasteiger partial charge in [-0.15, -0.1) is 24.0 Å². The molecule has 1 atom stereocenters. The topological polar surface area (TPSA) is 57.1 Å². The zero-order chi connectivity index (χ0) is 15.7. The van der Waals surface area contributed by atoms with Gasteiger partial charge < -0.3 is 20.1 Å². The number of aliphatic hydroxyl groups is 1. The van der Waals surface area contributed by atoms with Crippen LogP contribution in [0.5, 0.6) is 0 Å². The van der Waals surface area contributed by atoms with Crippen molar-refractivity contribution in [3.05, 3.63) is 0 Å². The predicted octanol–water partition coefficient (Wildman–Crippen LogP) is 2.34. The number of aliphatic imine (C=N–C) groups is 1. The van der Waals surface area contributed by atoms with Crippen LogP contribution in [0.25, 0.3) is 0 Å². The van der Waals surface area contributed by atoms with Crippen molar-refractivity contribution < 1.29 is 9.84 Å². The molecule has 1 saturated carbocycles. The third-order valence-electron chi connectivity index (χ3n) is 4.16. The fraction of sp³-hybridized carbons (Fsp3) is 0.938. The Morgan fingerprint density at radius 2 is 2.09 bits per heavy atom. The zero-order valence-electron chi connectivity index (χ0n) is 14.6. The maximum atomic E-state index is 9.47. The van der Waals surface area contributed by atoms with E-state index in [9.17, 15) is 5.11 Å². The highest BCUT2D eigenvalue weighted by Gasteiger charge is 2.22. The van der Waals surface area contributed by atoms with Crippen molar-refractivity contribution in [1.82, 2.24) is 10.2 Å². The summed E-state index contributed by atoms with van der Waals surface area (Å²) in [5, 5.41) is 12.8. The third kappa shape index (κ3) is 8.53. The summed E-state index contributed by atoms with van der Waals surface area (Å²) in [7, 11) is 2.03. The number of likely N-dealkylation sites (N-methyl/N-ethyl adjacent to an activating group) is 1. The van der Waals surface area contributed by atoms with E-state index in [2.05, 4.69) is 36.0 Å². The minimum atomic E-state index is -0.135. The van der Waals surface area contributed by atoms with Gasteiger partial charge in [0.25, 0.3) is 0 Å². The lowest BCUT2D eigenvalue weighted by molar-refractivity contribution is 0.114. The predicted molar refractivity (Wildman–Crippen MR) is 103 cm³/mol. The Balaban J connectivity index is 0.00000441. The molecule has 132 valence electrons. The van der Waals surface area contributed by atoms with Crippen molar-refractivity contribution in [2.24, 2.45) is 16.3 Å². The molecule has 1 fully saturated rings. The van der Waals surface area contributed by atoms with Crippen LogP contribution in [0.3, 0.4) is 0 Å². The van der Waals surface area contributed by atoms with Gasteiger partial charge in [0.2, 0.25) is 0 Å². The molecule has 0 saturated heterocycles.